The fraction of sp³-hybridized carbons (Fsp3) is 0.667. The Morgan fingerprint density at radius 3 is 2.64 bits per heavy atom. The predicted molar refractivity (Wildman–Crippen MR) is 79.4 cm³/mol. The van der Waals surface area contributed by atoms with Gasteiger partial charge >= 0.3 is 5.97 Å². The van der Waals surface area contributed by atoms with Crippen molar-refractivity contribution in [1.82, 2.24) is 14.7 Å². The number of carbonyl (C=O) groups is 2. The Labute approximate surface area is 129 Å². The molecule has 7 nitrogen and oxygen atoms in total. The molecule has 22 heavy (non-hydrogen) atoms. The van der Waals surface area contributed by atoms with Crippen molar-refractivity contribution in [2.24, 2.45) is 12.5 Å². The van der Waals surface area contributed by atoms with E-state index in [1.165, 1.54) is 11.1 Å². The maximum absolute atomic E-state index is 12.5. The lowest BCUT2D eigenvalue weighted by Gasteiger charge is -2.42. The Kier molecular flexibility index (Phi) is 4.55. The zero-order chi connectivity index (χ0) is 16.5. The van der Waals surface area contributed by atoms with Crippen LogP contribution >= 0.6 is 0 Å². The van der Waals surface area contributed by atoms with Crippen LogP contribution in [-0.4, -0.2) is 56.0 Å². The number of amides is 1. The van der Waals surface area contributed by atoms with Crippen molar-refractivity contribution in [2.75, 3.05) is 13.1 Å². The SMILES string of the molecule is CCC[C@]1(C(=O)O)CCN(C(=O)c2cnn(C)c2C)C[C@@H]1O. The number of piperidine rings is 1. The molecule has 0 bridgehead atoms. The van der Waals surface area contributed by atoms with Gasteiger partial charge in [-0.05, 0) is 19.8 Å². The lowest BCUT2D eigenvalue weighted by Crippen LogP contribution is -2.56. The lowest BCUT2D eigenvalue weighted by molar-refractivity contribution is -0.162. The van der Waals surface area contributed by atoms with E-state index in [4.69, 9.17) is 0 Å². The number of carbonyl (C=O) groups excluding carboxylic acids is 1. The number of rotatable bonds is 4. The number of hydrogen-bond acceptors (Lipinski definition) is 4. The number of carboxylic acids is 1. The number of aryl methyl sites for hydroxylation is 1. The summed E-state index contributed by atoms with van der Waals surface area (Å²) in [6.45, 7) is 4.07. The summed E-state index contributed by atoms with van der Waals surface area (Å²) in [5, 5.41) is 23.9. The summed E-state index contributed by atoms with van der Waals surface area (Å²) in [7, 11) is 1.76. The molecule has 0 spiro atoms. The zero-order valence-electron chi connectivity index (χ0n) is 13.2. The fourth-order valence-electron chi connectivity index (χ4n) is 3.13. The van der Waals surface area contributed by atoms with Crippen molar-refractivity contribution in [3.8, 4) is 0 Å². The van der Waals surface area contributed by atoms with Crippen LogP contribution in [0.3, 0.4) is 0 Å². The van der Waals surface area contributed by atoms with Crippen molar-refractivity contribution in [2.45, 2.75) is 39.2 Å². The number of carboxylic acid groups (broad SMARTS) is 1. The maximum atomic E-state index is 12.5. The van der Waals surface area contributed by atoms with Gasteiger partial charge in [-0.3, -0.25) is 14.3 Å². The van der Waals surface area contributed by atoms with Crippen LogP contribution in [0.2, 0.25) is 0 Å². The molecule has 1 aromatic heterocycles. The van der Waals surface area contributed by atoms with Gasteiger partial charge in [0.2, 0.25) is 0 Å². The summed E-state index contributed by atoms with van der Waals surface area (Å²) < 4.78 is 1.62. The molecule has 0 aromatic carbocycles. The Hall–Kier alpha value is -1.89. The molecule has 1 fully saturated rings. The second-order valence-corrected chi connectivity index (χ2v) is 6.00. The van der Waals surface area contributed by atoms with Gasteiger partial charge < -0.3 is 15.1 Å². The first kappa shape index (κ1) is 16.5. The highest BCUT2D eigenvalue weighted by molar-refractivity contribution is 5.95. The van der Waals surface area contributed by atoms with Gasteiger partial charge in [0.25, 0.3) is 5.91 Å². The smallest absolute Gasteiger partial charge is 0.312 e. The minimum absolute atomic E-state index is 0.0411. The normalized spacial score (nSPS) is 25.3. The second-order valence-electron chi connectivity index (χ2n) is 6.00. The van der Waals surface area contributed by atoms with Crippen molar-refractivity contribution < 1.29 is 19.8 Å². The fourth-order valence-corrected chi connectivity index (χ4v) is 3.13. The van der Waals surface area contributed by atoms with E-state index in [2.05, 4.69) is 5.10 Å². The van der Waals surface area contributed by atoms with E-state index in [0.29, 0.717) is 24.9 Å². The maximum Gasteiger partial charge on any atom is 0.312 e. The van der Waals surface area contributed by atoms with Crippen molar-refractivity contribution in [3.05, 3.63) is 17.5 Å². The molecule has 2 N–H and O–H groups in total. The molecule has 1 aliphatic heterocycles. The molecule has 2 heterocycles. The quantitative estimate of drug-likeness (QED) is 0.858. The molecule has 1 aliphatic rings. The van der Waals surface area contributed by atoms with E-state index in [9.17, 15) is 19.8 Å². The largest absolute Gasteiger partial charge is 0.481 e. The molecule has 0 aliphatic carbocycles. The van der Waals surface area contributed by atoms with Crippen molar-refractivity contribution in [3.63, 3.8) is 0 Å². The Morgan fingerprint density at radius 1 is 1.50 bits per heavy atom. The Balaban J connectivity index is 2.17. The van der Waals surface area contributed by atoms with Crippen molar-refractivity contribution in [1.29, 1.82) is 0 Å². The minimum Gasteiger partial charge on any atom is -0.481 e. The van der Waals surface area contributed by atoms with Gasteiger partial charge in [0.05, 0.1) is 23.3 Å². The third kappa shape index (κ3) is 2.61. The highest BCUT2D eigenvalue weighted by Crippen LogP contribution is 2.37. The first-order chi connectivity index (χ1) is 10.3. The number of aliphatic hydroxyl groups is 1. The molecule has 1 aromatic rings. The highest BCUT2D eigenvalue weighted by atomic mass is 16.4. The van der Waals surface area contributed by atoms with Gasteiger partial charge in [-0.15, -0.1) is 0 Å². The highest BCUT2D eigenvalue weighted by Gasteiger charge is 2.48. The van der Waals surface area contributed by atoms with Crippen LogP contribution in [0.5, 0.6) is 0 Å². The van der Waals surface area contributed by atoms with Crippen LogP contribution < -0.4 is 0 Å². The average Bonchev–Trinajstić information content (AvgIpc) is 2.80. The molecule has 2 atom stereocenters. The number of hydrogen-bond donors (Lipinski definition) is 2. The molecule has 1 saturated heterocycles. The standard InChI is InChI=1S/C15H23N3O4/c1-4-5-15(14(21)22)6-7-18(9-12(15)19)13(20)11-8-16-17(3)10(11)2/h8,12,19H,4-7,9H2,1-3H3,(H,21,22)/t12-,15-/m0/s1. The third-order valence-electron chi connectivity index (χ3n) is 4.73. The van der Waals surface area contributed by atoms with Crippen LogP contribution in [0.25, 0.3) is 0 Å². The molecule has 1 amide bonds. The number of nitrogens with zero attached hydrogens (tertiary/aromatic N) is 3. The van der Waals surface area contributed by atoms with Crippen LogP contribution in [0.4, 0.5) is 0 Å². The summed E-state index contributed by atoms with van der Waals surface area (Å²) in [6.07, 6.45) is 1.81. The van der Waals surface area contributed by atoms with Crippen molar-refractivity contribution >= 4 is 11.9 Å². The van der Waals surface area contributed by atoms with E-state index >= 15 is 0 Å². The third-order valence-corrected chi connectivity index (χ3v) is 4.73. The van der Waals surface area contributed by atoms with E-state index in [-0.39, 0.29) is 18.9 Å². The Morgan fingerprint density at radius 2 is 2.18 bits per heavy atom. The van der Waals surface area contributed by atoms with E-state index in [0.717, 1.165) is 5.69 Å². The average molecular weight is 309 g/mol. The first-order valence-electron chi connectivity index (χ1n) is 7.52. The van der Waals surface area contributed by atoms with Gasteiger partial charge in [-0.25, -0.2) is 0 Å². The zero-order valence-corrected chi connectivity index (χ0v) is 13.2. The van der Waals surface area contributed by atoms with Gasteiger partial charge in [0.1, 0.15) is 0 Å². The van der Waals surface area contributed by atoms with Crippen LogP contribution in [0, 0.1) is 12.3 Å². The lowest BCUT2D eigenvalue weighted by atomic mass is 9.72. The summed E-state index contributed by atoms with van der Waals surface area (Å²) >= 11 is 0. The molecular weight excluding hydrogens is 286 g/mol. The number of aliphatic carboxylic acids is 1. The molecule has 122 valence electrons. The molecular formula is C15H23N3O4. The van der Waals surface area contributed by atoms with Gasteiger partial charge in [0, 0.05) is 25.8 Å². The molecule has 0 unspecified atom stereocenters. The number of aromatic nitrogens is 2. The molecule has 0 saturated carbocycles. The van der Waals surface area contributed by atoms with Crippen LogP contribution in [0.1, 0.15) is 42.2 Å². The van der Waals surface area contributed by atoms with Gasteiger partial charge in [-0.2, -0.15) is 5.10 Å². The Bertz CT molecular complexity index is 583. The first-order valence-corrected chi connectivity index (χ1v) is 7.52. The van der Waals surface area contributed by atoms with Gasteiger partial charge in [0.15, 0.2) is 0 Å². The molecule has 7 heteroatoms. The molecule has 0 radical (unpaired) electrons. The topological polar surface area (TPSA) is 95.7 Å². The summed E-state index contributed by atoms with van der Waals surface area (Å²) in [6, 6.07) is 0. The van der Waals surface area contributed by atoms with Crippen LogP contribution in [0.15, 0.2) is 6.20 Å². The number of likely N-dealkylation sites (tertiary alicyclic amines) is 1. The molecule has 2 rings (SSSR count). The van der Waals surface area contributed by atoms with E-state index < -0.39 is 17.5 Å². The number of β-amino-alcohol motifs (C(OH)–C–C–N with tert-alkyl or cyclic N) is 1. The minimum atomic E-state index is -1.14. The predicted octanol–water partition coefficient (Wildman–Crippen LogP) is 0.806. The summed E-state index contributed by atoms with van der Waals surface area (Å²) in [5.74, 6) is -1.19. The van der Waals surface area contributed by atoms with E-state index in [1.54, 1.807) is 18.7 Å². The number of aliphatic hydroxyl groups excluding tert-OH is 1. The monoisotopic (exact) mass is 309 g/mol. The van der Waals surface area contributed by atoms with Gasteiger partial charge in [-0.1, -0.05) is 13.3 Å². The van der Waals surface area contributed by atoms with E-state index in [1.807, 2.05) is 6.92 Å². The second kappa shape index (κ2) is 6.08. The van der Waals surface area contributed by atoms with Crippen LogP contribution in [-0.2, 0) is 11.8 Å². The summed E-state index contributed by atoms with van der Waals surface area (Å²) in [4.78, 5) is 25.7. The summed E-state index contributed by atoms with van der Waals surface area (Å²) in [5.41, 5.74) is 0.103.